The monoisotopic (exact) mass is 303 g/mol. The molecular formula is C15H17N3O2S. The number of hydrogen-bond donors (Lipinski definition) is 1. The molecule has 2 saturated carbocycles. The first-order chi connectivity index (χ1) is 10.1. The number of nitrogens with zero attached hydrogens (tertiary/aromatic N) is 2. The molecule has 0 radical (unpaired) electrons. The molecule has 2 aromatic rings. The van der Waals surface area contributed by atoms with Gasteiger partial charge >= 0.3 is 0 Å². The lowest BCUT2D eigenvalue weighted by Gasteiger charge is -2.21. The fourth-order valence-electron chi connectivity index (χ4n) is 3.53. The van der Waals surface area contributed by atoms with Crippen molar-refractivity contribution in [3.63, 3.8) is 0 Å². The van der Waals surface area contributed by atoms with Crippen molar-refractivity contribution in [3.05, 3.63) is 27.6 Å². The van der Waals surface area contributed by atoms with Crippen LogP contribution < -0.4 is 5.56 Å². The van der Waals surface area contributed by atoms with Crippen LogP contribution in [0, 0.1) is 17.8 Å². The van der Waals surface area contributed by atoms with Gasteiger partial charge < -0.3 is 9.88 Å². The van der Waals surface area contributed by atoms with Crippen molar-refractivity contribution in [3.8, 4) is 0 Å². The molecule has 2 aliphatic carbocycles. The standard InChI is InChI=1S/C15H17N3O2S/c1-18(15(20)10-5-8-4-9(8)6-10)7-12-16-11-2-3-21-13(11)14(19)17-12/h2-3,8-10H,4-7H2,1H3,(H,16,17,19). The Bertz CT molecular complexity index is 756. The van der Waals surface area contributed by atoms with E-state index in [1.807, 2.05) is 11.4 Å². The molecule has 110 valence electrons. The van der Waals surface area contributed by atoms with E-state index >= 15 is 0 Å². The molecule has 0 aromatic carbocycles. The zero-order valence-corrected chi connectivity index (χ0v) is 12.7. The first-order valence-corrected chi connectivity index (χ1v) is 8.21. The summed E-state index contributed by atoms with van der Waals surface area (Å²) in [5.74, 6) is 2.52. The molecule has 1 amide bonds. The van der Waals surface area contributed by atoms with Gasteiger partial charge in [-0.1, -0.05) is 0 Å². The van der Waals surface area contributed by atoms with E-state index in [2.05, 4.69) is 9.97 Å². The Labute approximate surface area is 126 Å². The highest BCUT2D eigenvalue weighted by atomic mass is 32.1. The largest absolute Gasteiger partial charge is 0.338 e. The van der Waals surface area contributed by atoms with Crippen LogP contribution in [0.25, 0.3) is 10.2 Å². The van der Waals surface area contributed by atoms with Crippen LogP contribution >= 0.6 is 11.3 Å². The predicted molar refractivity (Wildman–Crippen MR) is 81.0 cm³/mol. The zero-order chi connectivity index (χ0) is 14.6. The first-order valence-electron chi connectivity index (χ1n) is 7.33. The van der Waals surface area contributed by atoms with Crippen LogP contribution in [0.4, 0.5) is 0 Å². The molecule has 6 heteroatoms. The van der Waals surface area contributed by atoms with E-state index in [1.54, 1.807) is 11.9 Å². The van der Waals surface area contributed by atoms with Crippen molar-refractivity contribution >= 4 is 27.5 Å². The van der Waals surface area contributed by atoms with Crippen LogP contribution in [0.3, 0.4) is 0 Å². The van der Waals surface area contributed by atoms with Gasteiger partial charge in [-0.3, -0.25) is 9.59 Å². The minimum absolute atomic E-state index is 0.118. The van der Waals surface area contributed by atoms with Crippen molar-refractivity contribution in [1.29, 1.82) is 0 Å². The van der Waals surface area contributed by atoms with Crippen LogP contribution in [0.15, 0.2) is 16.2 Å². The summed E-state index contributed by atoms with van der Waals surface area (Å²) in [7, 11) is 1.80. The Morgan fingerprint density at radius 2 is 2.19 bits per heavy atom. The topological polar surface area (TPSA) is 66.1 Å². The predicted octanol–water partition coefficient (Wildman–Crippen LogP) is 1.99. The second-order valence-corrected chi connectivity index (χ2v) is 7.18. The van der Waals surface area contributed by atoms with Crippen LogP contribution in [0.1, 0.15) is 25.1 Å². The third kappa shape index (κ3) is 2.27. The van der Waals surface area contributed by atoms with Crippen molar-refractivity contribution < 1.29 is 4.79 Å². The third-order valence-electron chi connectivity index (χ3n) is 4.72. The maximum absolute atomic E-state index is 12.4. The van der Waals surface area contributed by atoms with Gasteiger partial charge in [0, 0.05) is 13.0 Å². The van der Waals surface area contributed by atoms with Crippen molar-refractivity contribution in [2.45, 2.75) is 25.8 Å². The van der Waals surface area contributed by atoms with Gasteiger partial charge in [0.1, 0.15) is 10.5 Å². The van der Waals surface area contributed by atoms with Gasteiger partial charge in [-0.2, -0.15) is 0 Å². The lowest BCUT2D eigenvalue weighted by Crippen LogP contribution is -2.33. The Balaban J connectivity index is 1.50. The molecule has 21 heavy (non-hydrogen) atoms. The minimum atomic E-state index is -0.118. The van der Waals surface area contributed by atoms with E-state index in [0.29, 0.717) is 22.6 Å². The number of fused-ring (bicyclic) bond motifs is 2. The summed E-state index contributed by atoms with van der Waals surface area (Å²) in [4.78, 5) is 33.3. The molecule has 4 rings (SSSR count). The summed E-state index contributed by atoms with van der Waals surface area (Å²) in [5, 5.41) is 1.86. The maximum Gasteiger partial charge on any atom is 0.268 e. The Hall–Kier alpha value is -1.69. The lowest BCUT2D eigenvalue weighted by atomic mass is 10.0. The molecule has 0 bridgehead atoms. The number of nitrogens with one attached hydrogen (secondary N) is 1. The highest BCUT2D eigenvalue weighted by molar-refractivity contribution is 7.17. The average molecular weight is 303 g/mol. The highest BCUT2D eigenvalue weighted by Gasteiger charge is 2.48. The number of amides is 1. The number of carbonyl (C=O) groups excluding carboxylic acids is 1. The van der Waals surface area contributed by atoms with Crippen LogP contribution in [-0.2, 0) is 11.3 Å². The van der Waals surface area contributed by atoms with Gasteiger partial charge in [0.25, 0.3) is 5.56 Å². The van der Waals surface area contributed by atoms with E-state index in [0.717, 1.165) is 24.7 Å². The summed E-state index contributed by atoms with van der Waals surface area (Å²) < 4.78 is 0.642. The summed E-state index contributed by atoms with van der Waals surface area (Å²) in [6, 6.07) is 1.84. The third-order valence-corrected chi connectivity index (χ3v) is 5.62. The van der Waals surface area contributed by atoms with Gasteiger partial charge in [-0.15, -0.1) is 11.3 Å². The lowest BCUT2D eigenvalue weighted by molar-refractivity contribution is -0.135. The molecule has 2 aliphatic rings. The van der Waals surface area contributed by atoms with E-state index < -0.39 is 0 Å². The first kappa shape index (κ1) is 13.0. The number of thiophene rings is 1. The zero-order valence-electron chi connectivity index (χ0n) is 11.8. The molecule has 2 unspecified atom stereocenters. The molecule has 2 atom stereocenters. The summed E-state index contributed by atoms with van der Waals surface area (Å²) in [6.07, 6.45) is 3.40. The fourth-order valence-corrected chi connectivity index (χ4v) is 4.25. The molecule has 5 nitrogen and oxygen atoms in total. The van der Waals surface area contributed by atoms with Gasteiger partial charge in [0.2, 0.25) is 5.91 Å². The molecule has 0 aliphatic heterocycles. The van der Waals surface area contributed by atoms with Crippen LogP contribution in [0.2, 0.25) is 0 Å². The number of hydrogen-bond acceptors (Lipinski definition) is 4. The second-order valence-electron chi connectivity index (χ2n) is 6.27. The number of carbonyl (C=O) groups is 1. The number of aromatic nitrogens is 2. The van der Waals surface area contributed by atoms with Crippen LogP contribution in [-0.4, -0.2) is 27.8 Å². The SMILES string of the molecule is CN(Cc1nc2ccsc2c(=O)[nH]1)C(=O)C1CC2CC2C1. The summed E-state index contributed by atoms with van der Waals surface area (Å²) in [6.45, 7) is 0.367. The second kappa shape index (κ2) is 4.66. The average Bonchev–Trinajstić information content (AvgIpc) is 2.89. The quantitative estimate of drug-likeness (QED) is 0.943. The highest BCUT2D eigenvalue weighted by Crippen LogP contribution is 2.54. The maximum atomic E-state index is 12.4. The van der Waals surface area contributed by atoms with Gasteiger partial charge in [-0.05, 0) is 42.5 Å². The normalized spacial score (nSPS) is 26.8. The van der Waals surface area contributed by atoms with E-state index in [4.69, 9.17) is 0 Å². The van der Waals surface area contributed by atoms with Gasteiger partial charge in [-0.25, -0.2) is 4.98 Å². The fraction of sp³-hybridized carbons (Fsp3) is 0.533. The van der Waals surface area contributed by atoms with Gasteiger partial charge in [0.05, 0.1) is 12.1 Å². The molecule has 1 N–H and O–H groups in total. The smallest absolute Gasteiger partial charge is 0.268 e. The molecule has 2 aromatic heterocycles. The molecule has 2 heterocycles. The Morgan fingerprint density at radius 3 is 2.95 bits per heavy atom. The molecule has 0 saturated heterocycles. The van der Waals surface area contributed by atoms with Crippen LogP contribution in [0.5, 0.6) is 0 Å². The van der Waals surface area contributed by atoms with E-state index in [-0.39, 0.29) is 17.4 Å². The number of rotatable bonds is 3. The summed E-state index contributed by atoms with van der Waals surface area (Å²) in [5.41, 5.74) is 0.592. The molecule has 0 spiro atoms. The molecule has 2 fully saturated rings. The van der Waals surface area contributed by atoms with Crippen molar-refractivity contribution in [2.24, 2.45) is 17.8 Å². The van der Waals surface area contributed by atoms with Gasteiger partial charge in [0.15, 0.2) is 0 Å². The minimum Gasteiger partial charge on any atom is -0.338 e. The Kier molecular flexibility index (Phi) is 2.89. The number of H-pyrrole nitrogens is 1. The van der Waals surface area contributed by atoms with E-state index in [1.165, 1.54) is 17.8 Å². The summed E-state index contributed by atoms with van der Waals surface area (Å²) >= 11 is 1.39. The van der Waals surface area contributed by atoms with Crippen molar-refractivity contribution in [1.82, 2.24) is 14.9 Å². The van der Waals surface area contributed by atoms with Crippen molar-refractivity contribution in [2.75, 3.05) is 7.05 Å². The Morgan fingerprint density at radius 1 is 1.43 bits per heavy atom. The molecular weight excluding hydrogens is 286 g/mol. The number of aromatic amines is 1. The van der Waals surface area contributed by atoms with E-state index in [9.17, 15) is 9.59 Å².